The van der Waals surface area contributed by atoms with Crippen molar-refractivity contribution in [3.05, 3.63) is 67.7 Å². The van der Waals surface area contributed by atoms with Crippen molar-refractivity contribution in [2.75, 3.05) is 0 Å². The van der Waals surface area contributed by atoms with Gasteiger partial charge in [-0.05, 0) is 23.8 Å². The molecule has 2 aromatic carbocycles. The SMILES string of the molecule is O=C(NCc1ccc(Cl)c(Cl)c1)c1cccc([N+](=O)[O-])c1O. The minimum atomic E-state index is -0.759. The van der Waals surface area contributed by atoms with Gasteiger partial charge in [0.2, 0.25) is 5.75 Å². The molecule has 2 aromatic rings. The standard InChI is InChI=1S/C14H10Cl2N2O4/c15-10-5-4-8(6-11(10)16)7-17-14(20)9-2-1-3-12(13(9)19)18(21)22/h1-6,19H,7H2,(H,17,20). The molecular weight excluding hydrogens is 331 g/mol. The third-order valence-electron chi connectivity index (χ3n) is 2.89. The van der Waals surface area contributed by atoms with Crippen LogP contribution in [0, 0.1) is 10.1 Å². The van der Waals surface area contributed by atoms with Crippen LogP contribution in [0.1, 0.15) is 15.9 Å². The van der Waals surface area contributed by atoms with Gasteiger partial charge in [-0.3, -0.25) is 14.9 Å². The fraction of sp³-hybridized carbons (Fsp3) is 0.0714. The molecule has 0 saturated heterocycles. The van der Waals surface area contributed by atoms with Crippen molar-refractivity contribution in [2.45, 2.75) is 6.54 Å². The second kappa shape index (κ2) is 6.64. The molecule has 0 bridgehead atoms. The Hall–Kier alpha value is -2.31. The zero-order chi connectivity index (χ0) is 16.3. The molecule has 0 aliphatic heterocycles. The van der Waals surface area contributed by atoms with Crippen molar-refractivity contribution >= 4 is 34.8 Å². The summed E-state index contributed by atoms with van der Waals surface area (Å²) in [6.07, 6.45) is 0. The van der Waals surface area contributed by atoms with Gasteiger partial charge in [0.05, 0.1) is 20.5 Å². The quantitative estimate of drug-likeness (QED) is 0.657. The van der Waals surface area contributed by atoms with Gasteiger partial charge >= 0.3 is 5.69 Å². The summed E-state index contributed by atoms with van der Waals surface area (Å²) in [6, 6.07) is 8.61. The molecule has 0 aromatic heterocycles. The topological polar surface area (TPSA) is 92.5 Å². The second-order valence-electron chi connectivity index (χ2n) is 4.36. The number of carbonyl (C=O) groups excluding carboxylic acids is 1. The monoisotopic (exact) mass is 340 g/mol. The summed E-state index contributed by atoms with van der Waals surface area (Å²) in [7, 11) is 0. The molecule has 0 heterocycles. The minimum Gasteiger partial charge on any atom is -0.502 e. The zero-order valence-corrected chi connectivity index (χ0v) is 12.6. The summed E-state index contributed by atoms with van der Waals surface area (Å²) in [5.41, 5.74) is 0.00381. The number of para-hydroxylation sites is 1. The molecule has 0 atom stereocenters. The Morgan fingerprint density at radius 3 is 2.59 bits per heavy atom. The predicted molar refractivity (Wildman–Crippen MR) is 82.4 cm³/mol. The van der Waals surface area contributed by atoms with Crippen LogP contribution >= 0.6 is 23.2 Å². The smallest absolute Gasteiger partial charge is 0.311 e. The number of phenolic OH excluding ortho intramolecular Hbond substituents is 1. The molecular formula is C14H10Cl2N2O4. The molecule has 0 aliphatic rings. The lowest BCUT2D eigenvalue weighted by Gasteiger charge is -2.08. The number of carbonyl (C=O) groups is 1. The predicted octanol–water partition coefficient (Wildman–Crippen LogP) is 3.54. The highest BCUT2D eigenvalue weighted by atomic mass is 35.5. The lowest BCUT2D eigenvalue weighted by molar-refractivity contribution is -0.385. The maximum absolute atomic E-state index is 12.0. The highest BCUT2D eigenvalue weighted by Crippen LogP contribution is 2.29. The van der Waals surface area contributed by atoms with Gasteiger partial charge in [-0.15, -0.1) is 0 Å². The minimum absolute atomic E-state index is 0.137. The Labute approximate surface area is 135 Å². The number of benzene rings is 2. The molecule has 0 unspecified atom stereocenters. The van der Waals surface area contributed by atoms with Crippen molar-refractivity contribution in [1.29, 1.82) is 0 Å². The van der Waals surface area contributed by atoms with Gasteiger partial charge in [0.1, 0.15) is 0 Å². The van der Waals surface area contributed by atoms with Gasteiger partial charge in [0, 0.05) is 12.6 Å². The number of nitro groups is 1. The summed E-state index contributed by atoms with van der Waals surface area (Å²) >= 11 is 11.7. The molecule has 0 spiro atoms. The van der Waals surface area contributed by atoms with E-state index in [1.54, 1.807) is 18.2 Å². The second-order valence-corrected chi connectivity index (χ2v) is 5.18. The lowest BCUT2D eigenvalue weighted by atomic mass is 10.1. The van der Waals surface area contributed by atoms with Crippen LogP contribution in [0.3, 0.4) is 0 Å². The molecule has 8 heteroatoms. The molecule has 2 rings (SSSR count). The molecule has 6 nitrogen and oxygen atoms in total. The van der Waals surface area contributed by atoms with Crippen molar-refractivity contribution in [3.8, 4) is 5.75 Å². The molecule has 2 N–H and O–H groups in total. The van der Waals surface area contributed by atoms with Crippen molar-refractivity contribution < 1.29 is 14.8 Å². The number of hydrogen-bond acceptors (Lipinski definition) is 4. The number of hydrogen-bond donors (Lipinski definition) is 2. The highest BCUT2D eigenvalue weighted by molar-refractivity contribution is 6.42. The molecule has 0 saturated carbocycles. The van der Waals surface area contributed by atoms with Gasteiger partial charge in [-0.1, -0.05) is 35.3 Å². The van der Waals surface area contributed by atoms with Gasteiger partial charge < -0.3 is 10.4 Å². The molecule has 0 aliphatic carbocycles. The Bertz CT molecular complexity index is 750. The largest absolute Gasteiger partial charge is 0.502 e. The molecule has 114 valence electrons. The fourth-order valence-electron chi connectivity index (χ4n) is 1.79. The lowest BCUT2D eigenvalue weighted by Crippen LogP contribution is -2.23. The number of nitrogens with zero attached hydrogens (tertiary/aromatic N) is 1. The van der Waals surface area contributed by atoms with E-state index >= 15 is 0 Å². The van der Waals surface area contributed by atoms with Crippen LogP contribution in [0.25, 0.3) is 0 Å². The fourth-order valence-corrected chi connectivity index (χ4v) is 2.11. The number of phenols is 1. The van der Waals surface area contributed by atoms with E-state index in [-0.39, 0.29) is 12.1 Å². The van der Waals surface area contributed by atoms with Gasteiger partial charge in [0.25, 0.3) is 5.91 Å². The first-order valence-electron chi connectivity index (χ1n) is 6.08. The summed E-state index contributed by atoms with van der Waals surface area (Å²) in [4.78, 5) is 22.0. The Balaban J connectivity index is 2.14. The van der Waals surface area contributed by atoms with Gasteiger partial charge in [0.15, 0.2) is 0 Å². The Morgan fingerprint density at radius 2 is 1.95 bits per heavy atom. The number of nitrogens with one attached hydrogen (secondary N) is 1. The van der Waals surface area contributed by atoms with Crippen LogP contribution in [-0.4, -0.2) is 15.9 Å². The van der Waals surface area contributed by atoms with E-state index in [9.17, 15) is 20.0 Å². The van der Waals surface area contributed by atoms with E-state index < -0.39 is 22.3 Å². The zero-order valence-electron chi connectivity index (χ0n) is 11.0. The number of aromatic hydroxyl groups is 1. The average Bonchev–Trinajstić information content (AvgIpc) is 2.48. The van der Waals surface area contributed by atoms with E-state index in [1.165, 1.54) is 12.1 Å². The van der Waals surface area contributed by atoms with Crippen molar-refractivity contribution in [3.63, 3.8) is 0 Å². The van der Waals surface area contributed by atoms with Crippen LogP contribution in [0.2, 0.25) is 10.0 Å². The van der Waals surface area contributed by atoms with Crippen molar-refractivity contribution in [2.24, 2.45) is 0 Å². The van der Waals surface area contributed by atoms with E-state index in [2.05, 4.69) is 5.32 Å². The Morgan fingerprint density at radius 1 is 1.23 bits per heavy atom. The number of nitro benzene ring substituents is 1. The van der Waals surface area contributed by atoms with Crippen LogP contribution < -0.4 is 5.32 Å². The molecule has 0 fully saturated rings. The average molecular weight is 341 g/mol. The van der Waals surface area contributed by atoms with Crippen LogP contribution in [0.4, 0.5) is 5.69 Å². The summed E-state index contributed by atoms with van der Waals surface area (Å²) in [6.45, 7) is 0.137. The molecule has 1 amide bonds. The first kappa shape index (κ1) is 16.1. The molecule has 0 radical (unpaired) electrons. The summed E-state index contributed by atoms with van der Waals surface area (Å²) < 4.78 is 0. The van der Waals surface area contributed by atoms with E-state index in [4.69, 9.17) is 23.2 Å². The maximum Gasteiger partial charge on any atom is 0.311 e. The first-order chi connectivity index (χ1) is 10.4. The third-order valence-corrected chi connectivity index (χ3v) is 3.63. The maximum atomic E-state index is 12.0. The Kier molecular flexibility index (Phi) is 4.85. The van der Waals surface area contributed by atoms with E-state index in [1.807, 2.05) is 0 Å². The van der Waals surface area contributed by atoms with Crippen LogP contribution in [-0.2, 0) is 6.54 Å². The van der Waals surface area contributed by atoms with E-state index in [0.717, 1.165) is 6.07 Å². The van der Waals surface area contributed by atoms with E-state index in [0.29, 0.717) is 15.6 Å². The third kappa shape index (κ3) is 3.47. The molecule has 22 heavy (non-hydrogen) atoms. The van der Waals surface area contributed by atoms with Crippen LogP contribution in [0.5, 0.6) is 5.75 Å². The number of amides is 1. The summed E-state index contributed by atoms with van der Waals surface area (Å²) in [5, 5.41) is 23.8. The van der Waals surface area contributed by atoms with Gasteiger partial charge in [-0.2, -0.15) is 0 Å². The highest BCUT2D eigenvalue weighted by Gasteiger charge is 2.20. The first-order valence-corrected chi connectivity index (χ1v) is 6.84. The normalized spacial score (nSPS) is 10.3. The summed E-state index contributed by atoms with van der Waals surface area (Å²) in [5.74, 6) is -1.30. The van der Waals surface area contributed by atoms with Gasteiger partial charge in [-0.25, -0.2) is 0 Å². The number of rotatable bonds is 4. The van der Waals surface area contributed by atoms with Crippen LogP contribution in [0.15, 0.2) is 36.4 Å². The van der Waals surface area contributed by atoms with Crippen molar-refractivity contribution in [1.82, 2.24) is 5.32 Å². The number of halogens is 2.